The lowest BCUT2D eigenvalue weighted by molar-refractivity contribution is 0.0883. The number of nitrogens with one attached hydrogen (secondary N) is 1. The number of fused-ring (bicyclic) bond motifs is 1. The molecule has 1 aliphatic carbocycles. The third kappa shape index (κ3) is 3.56. The van der Waals surface area contributed by atoms with Crippen LogP contribution in [0.15, 0.2) is 41.4 Å². The molecular weight excluding hydrogens is 386 g/mol. The lowest BCUT2D eigenvalue weighted by atomic mass is 9.78. The van der Waals surface area contributed by atoms with Crippen LogP contribution in [0.2, 0.25) is 0 Å². The van der Waals surface area contributed by atoms with Crippen LogP contribution in [-0.2, 0) is 23.5 Å². The summed E-state index contributed by atoms with van der Waals surface area (Å²) in [7, 11) is -1.99. The van der Waals surface area contributed by atoms with Crippen LogP contribution in [0.4, 0.5) is 5.69 Å². The molecule has 0 bridgehead atoms. The van der Waals surface area contributed by atoms with Crippen molar-refractivity contribution in [3.63, 3.8) is 0 Å². The van der Waals surface area contributed by atoms with Crippen molar-refractivity contribution in [3.8, 4) is 0 Å². The fourth-order valence-electron chi connectivity index (χ4n) is 4.61. The fourth-order valence-corrected chi connectivity index (χ4v) is 6.19. The monoisotopic (exact) mass is 415 g/mol. The maximum atomic E-state index is 13.3. The number of rotatable bonds is 4. The van der Waals surface area contributed by atoms with Crippen LogP contribution in [-0.4, -0.2) is 31.5 Å². The molecule has 7 heteroatoms. The Bertz CT molecular complexity index is 1030. The maximum absolute atomic E-state index is 13.3. The van der Waals surface area contributed by atoms with Crippen molar-refractivity contribution in [2.75, 3.05) is 10.8 Å². The van der Waals surface area contributed by atoms with Crippen LogP contribution in [0.1, 0.15) is 49.2 Å². The first-order valence-corrected chi connectivity index (χ1v) is 11.8. The number of para-hydroxylation sites is 1. The van der Waals surface area contributed by atoms with Crippen molar-refractivity contribution in [1.82, 2.24) is 9.88 Å². The Morgan fingerprint density at radius 3 is 2.72 bits per heavy atom. The van der Waals surface area contributed by atoms with Gasteiger partial charge in [0.1, 0.15) is 10.6 Å². The molecule has 0 unspecified atom stereocenters. The van der Waals surface area contributed by atoms with Crippen molar-refractivity contribution < 1.29 is 13.2 Å². The molecule has 0 radical (unpaired) electrons. The van der Waals surface area contributed by atoms with Crippen LogP contribution in [0.3, 0.4) is 0 Å². The van der Waals surface area contributed by atoms with Gasteiger partial charge < -0.3 is 9.88 Å². The first-order valence-electron chi connectivity index (χ1n) is 10.4. The van der Waals surface area contributed by atoms with Crippen molar-refractivity contribution >= 4 is 21.6 Å². The van der Waals surface area contributed by atoms with E-state index in [9.17, 15) is 13.2 Å². The Morgan fingerprint density at radius 2 is 1.93 bits per heavy atom. The molecule has 1 saturated carbocycles. The highest BCUT2D eigenvalue weighted by atomic mass is 32.2. The Kier molecular flexibility index (Phi) is 5.19. The normalized spacial score (nSPS) is 24.4. The summed E-state index contributed by atoms with van der Waals surface area (Å²) in [5, 5.41) is 3.14. The number of carbonyl (C=O) groups excluding carboxylic acids is 1. The molecular formula is C22H29N3O3S. The molecule has 1 aliphatic heterocycles. The first kappa shape index (κ1) is 20.0. The number of benzene rings is 1. The van der Waals surface area contributed by atoms with E-state index < -0.39 is 10.0 Å². The number of hydrogen-bond donors (Lipinski definition) is 1. The number of nitrogens with zero attached hydrogens (tertiary/aromatic N) is 2. The molecule has 1 N–H and O–H groups in total. The van der Waals surface area contributed by atoms with Gasteiger partial charge in [-0.1, -0.05) is 44.9 Å². The molecule has 1 fully saturated rings. The zero-order chi connectivity index (χ0) is 20.8. The van der Waals surface area contributed by atoms with Crippen LogP contribution in [0, 0.1) is 11.8 Å². The lowest BCUT2D eigenvalue weighted by Gasteiger charge is -2.34. The van der Waals surface area contributed by atoms with E-state index in [1.165, 1.54) is 23.0 Å². The van der Waals surface area contributed by atoms with Gasteiger partial charge in [0.15, 0.2) is 0 Å². The molecule has 1 aromatic carbocycles. The van der Waals surface area contributed by atoms with E-state index in [2.05, 4.69) is 19.2 Å². The zero-order valence-corrected chi connectivity index (χ0v) is 18.1. The number of anilines is 1. The van der Waals surface area contributed by atoms with E-state index in [1.54, 1.807) is 11.6 Å². The van der Waals surface area contributed by atoms with E-state index in [0.29, 0.717) is 30.5 Å². The van der Waals surface area contributed by atoms with Crippen molar-refractivity contribution in [2.45, 2.75) is 50.5 Å². The second-order valence-corrected chi connectivity index (χ2v) is 10.3. The van der Waals surface area contributed by atoms with E-state index in [0.717, 1.165) is 24.1 Å². The van der Waals surface area contributed by atoms with Crippen molar-refractivity contribution in [1.29, 1.82) is 0 Å². The number of aromatic nitrogens is 1. The molecule has 156 valence electrons. The van der Waals surface area contributed by atoms with Gasteiger partial charge >= 0.3 is 0 Å². The summed E-state index contributed by atoms with van der Waals surface area (Å²) < 4.78 is 29.6. The molecule has 2 aromatic rings. The molecule has 0 spiro atoms. The predicted octanol–water partition coefficient (Wildman–Crippen LogP) is 3.33. The predicted molar refractivity (Wildman–Crippen MR) is 114 cm³/mol. The lowest BCUT2D eigenvalue weighted by Crippen LogP contribution is -2.44. The first-order chi connectivity index (χ1) is 13.8. The topological polar surface area (TPSA) is 71.4 Å². The van der Waals surface area contributed by atoms with Gasteiger partial charge in [-0.2, -0.15) is 0 Å². The third-order valence-electron chi connectivity index (χ3n) is 6.67. The molecule has 2 heterocycles. The summed E-state index contributed by atoms with van der Waals surface area (Å²) in [6.07, 6.45) is 5.51. The minimum Gasteiger partial charge on any atom is -0.348 e. The highest BCUT2D eigenvalue weighted by molar-refractivity contribution is 7.92. The fraction of sp³-hybridized carbons (Fsp3) is 0.500. The van der Waals surface area contributed by atoms with Crippen LogP contribution in [0.5, 0.6) is 0 Å². The summed E-state index contributed by atoms with van der Waals surface area (Å²) in [6, 6.07) is 9.20. The van der Waals surface area contributed by atoms with Gasteiger partial charge in [0.05, 0.1) is 5.69 Å². The minimum atomic E-state index is -3.71. The molecule has 1 aromatic heterocycles. The summed E-state index contributed by atoms with van der Waals surface area (Å²) in [5.41, 5.74) is 2.14. The highest BCUT2D eigenvalue weighted by Gasteiger charge is 2.33. The molecule has 3 atom stereocenters. The average molecular weight is 416 g/mol. The summed E-state index contributed by atoms with van der Waals surface area (Å²) >= 11 is 0. The van der Waals surface area contributed by atoms with Gasteiger partial charge in [-0.05, 0) is 42.4 Å². The molecule has 4 rings (SSSR count). The number of hydrogen-bond acceptors (Lipinski definition) is 3. The largest absolute Gasteiger partial charge is 0.348 e. The number of aryl methyl sites for hydroxylation is 1. The maximum Gasteiger partial charge on any atom is 0.268 e. The Balaban J connectivity index is 1.57. The minimum absolute atomic E-state index is 0.131. The SMILES string of the molecule is C[C@H]1[C@H](C)CCC[C@H]1NC(=O)c1cc(S(=O)(=O)N2CCc3ccccc32)cn1C. The third-order valence-corrected chi connectivity index (χ3v) is 8.45. The number of carbonyl (C=O) groups is 1. The molecule has 1 amide bonds. The Labute approximate surface area is 173 Å². The summed E-state index contributed by atoms with van der Waals surface area (Å²) in [4.78, 5) is 13.1. The standard InChI is InChI=1S/C22H29N3O3S/c1-15-7-6-9-19(16(15)2)23-22(26)21-13-18(14-24(21)3)29(27,28)25-12-11-17-8-4-5-10-20(17)25/h4-5,8,10,13-16,19H,6-7,9,11-12H2,1-3H3,(H,23,26)/t15-,16+,19-/m1/s1. The Hall–Kier alpha value is -2.28. The van der Waals surface area contributed by atoms with Crippen LogP contribution < -0.4 is 9.62 Å². The smallest absolute Gasteiger partial charge is 0.268 e. The van der Waals surface area contributed by atoms with Gasteiger partial charge in [0.2, 0.25) is 0 Å². The van der Waals surface area contributed by atoms with Gasteiger partial charge in [0, 0.05) is 25.8 Å². The zero-order valence-electron chi connectivity index (χ0n) is 17.3. The van der Waals surface area contributed by atoms with Crippen molar-refractivity contribution in [2.24, 2.45) is 18.9 Å². The average Bonchev–Trinajstić information content (AvgIpc) is 3.30. The van der Waals surface area contributed by atoms with Crippen molar-refractivity contribution in [3.05, 3.63) is 47.8 Å². The second kappa shape index (κ2) is 7.52. The summed E-state index contributed by atoms with van der Waals surface area (Å²) in [6.45, 7) is 4.83. The van der Waals surface area contributed by atoms with Gasteiger partial charge in [-0.15, -0.1) is 0 Å². The van der Waals surface area contributed by atoms with Gasteiger partial charge in [0.25, 0.3) is 15.9 Å². The van der Waals surface area contributed by atoms with E-state index in [1.807, 2.05) is 24.3 Å². The summed E-state index contributed by atoms with van der Waals surface area (Å²) in [5.74, 6) is 0.785. The number of sulfonamides is 1. The molecule has 2 aliphatic rings. The van der Waals surface area contributed by atoms with Crippen LogP contribution >= 0.6 is 0 Å². The molecule has 0 saturated heterocycles. The van der Waals surface area contributed by atoms with E-state index in [-0.39, 0.29) is 16.8 Å². The van der Waals surface area contributed by atoms with E-state index >= 15 is 0 Å². The second-order valence-electron chi connectivity index (χ2n) is 8.48. The molecule has 6 nitrogen and oxygen atoms in total. The van der Waals surface area contributed by atoms with E-state index in [4.69, 9.17) is 0 Å². The van der Waals surface area contributed by atoms with Crippen LogP contribution in [0.25, 0.3) is 0 Å². The number of amides is 1. The van der Waals surface area contributed by atoms with Gasteiger partial charge in [-0.25, -0.2) is 8.42 Å². The highest BCUT2D eigenvalue weighted by Crippen LogP contribution is 2.33. The Morgan fingerprint density at radius 1 is 1.17 bits per heavy atom. The quantitative estimate of drug-likeness (QED) is 0.833. The van der Waals surface area contributed by atoms with Gasteiger partial charge in [-0.3, -0.25) is 9.10 Å². The molecule has 29 heavy (non-hydrogen) atoms.